The third-order valence-electron chi connectivity index (χ3n) is 15.6. The molecule has 7 aliphatic rings. The molecule has 0 amide bonds. The van der Waals surface area contributed by atoms with Gasteiger partial charge >= 0.3 is 23.9 Å². The van der Waals surface area contributed by atoms with Gasteiger partial charge < -0.3 is 33.6 Å². The SMILES string of the molecule is CC(=O)Oc1ccc2c(c1)Oc1cc(OC(C)=O)ccc1C21OC(=O)c2cc3c(cc21)C1(C)OOC3(C)c2ccccc21.Cc1c2ccccc2c(C)c2cc(-c3c4ccc(=O)cc-4oc4cc(O)ccc34)c(C(=O)O)cc12. The summed E-state index contributed by atoms with van der Waals surface area (Å²) in [6.07, 6.45) is 0. The van der Waals surface area contributed by atoms with Crippen molar-refractivity contribution >= 4 is 56.4 Å². The number of carbonyl (C=O) groups excluding carboxylic acids is 3. The Balaban J connectivity index is 0.000000152. The minimum Gasteiger partial charge on any atom is -0.508 e. The first-order chi connectivity index (χ1) is 37.4. The Bertz CT molecular complexity index is 4330. The van der Waals surface area contributed by atoms with Crippen molar-refractivity contribution < 1.29 is 62.5 Å². The predicted molar refractivity (Wildman–Crippen MR) is 286 cm³/mol. The van der Waals surface area contributed by atoms with Gasteiger partial charge in [-0.2, -0.15) is 0 Å². The summed E-state index contributed by atoms with van der Waals surface area (Å²) in [5.74, 6) is -1.07. The van der Waals surface area contributed by atoms with E-state index >= 15 is 0 Å². The second kappa shape index (κ2) is 16.9. The molecule has 5 heterocycles. The van der Waals surface area contributed by atoms with E-state index in [1.54, 1.807) is 60.7 Å². The van der Waals surface area contributed by atoms with E-state index in [-0.39, 0.29) is 28.2 Å². The van der Waals surface area contributed by atoms with Crippen molar-refractivity contribution in [1.29, 1.82) is 0 Å². The molecule has 8 aromatic carbocycles. The minimum absolute atomic E-state index is 0.0136. The van der Waals surface area contributed by atoms with Gasteiger partial charge in [-0.1, -0.05) is 48.5 Å². The molecule has 0 saturated heterocycles. The Labute approximate surface area is 443 Å². The molecule has 8 aromatic rings. The van der Waals surface area contributed by atoms with Crippen LogP contribution in [0.1, 0.15) is 98.5 Å². The monoisotopic (exact) mass is 1040 g/mol. The Kier molecular flexibility index (Phi) is 10.4. The third-order valence-corrected chi connectivity index (χ3v) is 15.6. The van der Waals surface area contributed by atoms with Crippen molar-refractivity contribution in [3.05, 3.63) is 217 Å². The normalized spacial score (nSPS) is 17.7. The van der Waals surface area contributed by atoms with Crippen molar-refractivity contribution in [1.82, 2.24) is 0 Å². The van der Waals surface area contributed by atoms with Crippen molar-refractivity contribution in [3.8, 4) is 51.2 Å². The fourth-order valence-corrected chi connectivity index (χ4v) is 12.1. The molecule has 0 fully saturated rings. The van der Waals surface area contributed by atoms with Gasteiger partial charge in [0, 0.05) is 71.3 Å². The van der Waals surface area contributed by atoms with Gasteiger partial charge in [0.1, 0.15) is 40.1 Å². The maximum Gasteiger partial charge on any atom is 0.340 e. The summed E-state index contributed by atoms with van der Waals surface area (Å²) < 4.78 is 29.3. The molecule has 78 heavy (non-hydrogen) atoms. The molecule has 384 valence electrons. The van der Waals surface area contributed by atoms with Crippen molar-refractivity contribution in [3.63, 3.8) is 0 Å². The van der Waals surface area contributed by atoms with E-state index in [1.807, 2.05) is 82.3 Å². The smallest absolute Gasteiger partial charge is 0.340 e. The maximum atomic E-state index is 13.8. The van der Waals surface area contributed by atoms with Crippen LogP contribution < -0.4 is 19.6 Å². The van der Waals surface area contributed by atoms with Gasteiger partial charge in [-0.3, -0.25) is 14.4 Å². The van der Waals surface area contributed by atoms with E-state index in [9.17, 15) is 34.2 Å². The third kappa shape index (κ3) is 6.93. The number of fused-ring (bicyclic) bond motifs is 11. The quantitative estimate of drug-likeness (QED) is 0.0731. The molecule has 2 bridgehead atoms. The molecule has 2 atom stereocenters. The van der Waals surface area contributed by atoms with Gasteiger partial charge in [0.2, 0.25) is 0 Å². The number of hydrogen-bond donors (Lipinski definition) is 2. The number of ether oxygens (including phenoxy) is 4. The van der Waals surface area contributed by atoms with E-state index in [0.29, 0.717) is 67.2 Å². The first kappa shape index (κ1) is 48.0. The molecule has 0 saturated carbocycles. The zero-order valence-corrected chi connectivity index (χ0v) is 42.6. The first-order valence-electron chi connectivity index (χ1n) is 25.0. The largest absolute Gasteiger partial charge is 0.508 e. The van der Waals surface area contributed by atoms with Crippen LogP contribution >= 0.6 is 0 Å². The molecular weight excluding hydrogens is 993 g/mol. The van der Waals surface area contributed by atoms with Gasteiger partial charge in [0.25, 0.3) is 0 Å². The average molecular weight is 1040 g/mol. The van der Waals surface area contributed by atoms with Crippen LogP contribution in [0, 0.1) is 13.8 Å². The second-order valence-corrected chi connectivity index (χ2v) is 20.3. The van der Waals surface area contributed by atoms with Crippen LogP contribution in [0.5, 0.6) is 28.7 Å². The molecule has 5 aliphatic heterocycles. The lowest BCUT2D eigenvalue weighted by molar-refractivity contribution is -0.421. The number of aromatic carboxylic acids is 1. The van der Waals surface area contributed by atoms with Crippen LogP contribution in [0.3, 0.4) is 0 Å². The Morgan fingerprint density at radius 3 is 1.69 bits per heavy atom. The highest BCUT2D eigenvalue weighted by Gasteiger charge is 2.59. The highest BCUT2D eigenvalue weighted by atomic mass is 17.2. The molecule has 2 N–H and O–H groups in total. The maximum absolute atomic E-state index is 13.8. The second-order valence-electron chi connectivity index (χ2n) is 20.3. The van der Waals surface area contributed by atoms with Crippen LogP contribution in [0.15, 0.2) is 155 Å². The highest BCUT2D eigenvalue weighted by molar-refractivity contribution is 6.14. The number of esters is 3. The van der Waals surface area contributed by atoms with E-state index in [0.717, 1.165) is 54.9 Å². The fraction of sp³-hybridized carbons (Fsp3) is 0.141. The highest BCUT2D eigenvalue weighted by Crippen LogP contribution is 2.62. The predicted octanol–water partition coefficient (Wildman–Crippen LogP) is 12.8. The van der Waals surface area contributed by atoms with Crippen LogP contribution in [-0.2, 0) is 40.9 Å². The molecular formula is C64H44O14. The first-order valence-corrected chi connectivity index (χ1v) is 25.0. The molecule has 2 aliphatic carbocycles. The van der Waals surface area contributed by atoms with E-state index in [4.69, 9.17) is 33.1 Å². The number of phenols is 1. The number of rotatable bonds is 4. The molecule has 0 aromatic heterocycles. The molecule has 2 unspecified atom stereocenters. The summed E-state index contributed by atoms with van der Waals surface area (Å²) >= 11 is 0. The Morgan fingerprint density at radius 2 is 1.10 bits per heavy atom. The zero-order valence-electron chi connectivity index (χ0n) is 42.6. The number of benzene rings is 9. The number of aryl methyl sites for hydroxylation is 2. The van der Waals surface area contributed by atoms with Crippen LogP contribution in [0.2, 0.25) is 0 Å². The van der Waals surface area contributed by atoms with Gasteiger partial charge in [-0.25, -0.2) is 19.4 Å². The number of carbonyl (C=O) groups is 4. The van der Waals surface area contributed by atoms with Crippen LogP contribution in [0.4, 0.5) is 0 Å². The summed E-state index contributed by atoms with van der Waals surface area (Å²) in [5, 5.41) is 25.0. The summed E-state index contributed by atoms with van der Waals surface area (Å²) in [6, 6.07) is 42.6. The summed E-state index contributed by atoms with van der Waals surface area (Å²) in [6.45, 7) is 10.5. The summed E-state index contributed by atoms with van der Waals surface area (Å²) in [5.41, 5.74) is 6.50. The number of carboxylic acid groups (broad SMARTS) is 1. The van der Waals surface area contributed by atoms with E-state index in [1.165, 1.54) is 32.0 Å². The summed E-state index contributed by atoms with van der Waals surface area (Å²) in [4.78, 5) is 74.0. The topological polar surface area (TPSA) is 194 Å². The zero-order chi connectivity index (χ0) is 54.3. The molecule has 14 nitrogen and oxygen atoms in total. The molecule has 0 radical (unpaired) electrons. The molecule has 15 rings (SSSR count). The fourth-order valence-electron chi connectivity index (χ4n) is 12.1. The van der Waals surface area contributed by atoms with Gasteiger partial charge in [0.15, 0.2) is 22.2 Å². The van der Waals surface area contributed by atoms with E-state index < -0.39 is 40.7 Å². The van der Waals surface area contributed by atoms with Gasteiger partial charge in [-0.05, 0) is 161 Å². The lowest BCUT2D eigenvalue weighted by atomic mass is 9.66. The van der Waals surface area contributed by atoms with E-state index in [2.05, 4.69) is 12.1 Å². The number of phenolic OH excluding ortho intramolecular Hbond substituents is 1. The standard InChI is InChI=1S/C34H24O9.C30H20O5/c1-17(35)38-19-9-11-24-29(13-19)40-30-14-20(39-18(2)36)10-12-25(30)34(24)26-16-28-27(15-21(26)31(37)41-34)32(3)22-7-5-6-8-23(22)33(28,4)43-42-32;1-15-19-5-3-4-6-20(19)16(2)24-14-26(30(33)34)25(13-23(15)24)29-21-9-7-17(31)11-27(21)35-28-12-18(32)8-10-22(28)29/h5-16H,1-4H3;3-14,31H,1-2H3,(H,33,34). The van der Waals surface area contributed by atoms with Crippen LogP contribution in [-0.4, -0.2) is 34.1 Å². The van der Waals surface area contributed by atoms with Gasteiger partial charge in [-0.15, -0.1) is 0 Å². The van der Waals surface area contributed by atoms with Crippen molar-refractivity contribution in [2.24, 2.45) is 0 Å². The average Bonchev–Trinajstić information content (AvgIpc) is 3.05. The molecule has 1 spiro atoms. The number of carboxylic acids is 1. The van der Waals surface area contributed by atoms with Crippen molar-refractivity contribution in [2.75, 3.05) is 0 Å². The minimum atomic E-state index is -1.43. The molecule has 14 heteroatoms. The van der Waals surface area contributed by atoms with Crippen LogP contribution in [0.25, 0.3) is 55.0 Å². The Morgan fingerprint density at radius 1 is 0.526 bits per heavy atom. The lowest BCUT2D eigenvalue weighted by Gasteiger charge is -2.51. The lowest BCUT2D eigenvalue weighted by Crippen LogP contribution is -2.50. The Hall–Kier alpha value is -9.63. The number of aromatic hydroxyl groups is 1. The van der Waals surface area contributed by atoms with Gasteiger partial charge in [0.05, 0.1) is 11.1 Å². The van der Waals surface area contributed by atoms with Crippen molar-refractivity contribution in [2.45, 2.75) is 58.3 Å². The number of hydrogen-bond acceptors (Lipinski definition) is 13. The summed E-state index contributed by atoms with van der Waals surface area (Å²) in [7, 11) is 0.